The molecule has 4 heterocycles. The summed E-state index contributed by atoms with van der Waals surface area (Å²) in [6.45, 7) is 5.91. The van der Waals surface area contributed by atoms with E-state index in [0.717, 1.165) is 38.7 Å². The van der Waals surface area contributed by atoms with Crippen molar-refractivity contribution in [2.24, 2.45) is 0 Å². The molecular weight excluding hydrogens is 493 g/mol. The molecule has 2 aliphatic heterocycles. The molecule has 2 N–H and O–H groups in total. The van der Waals surface area contributed by atoms with Crippen LogP contribution in [0.5, 0.6) is 5.88 Å². The van der Waals surface area contributed by atoms with E-state index in [1.54, 1.807) is 15.8 Å². The van der Waals surface area contributed by atoms with E-state index < -0.39 is 11.7 Å². The van der Waals surface area contributed by atoms with Crippen molar-refractivity contribution in [2.75, 3.05) is 70.2 Å². The van der Waals surface area contributed by atoms with Crippen molar-refractivity contribution in [1.29, 1.82) is 0 Å². The van der Waals surface area contributed by atoms with Gasteiger partial charge in [0.05, 0.1) is 33.1 Å². The summed E-state index contributed by atoms with van der Waals surface area (Å²) in [5, 5.41) is 10.1. The van der Waals surface area contributed by atoms with E-state index in [4.69, 9.17) is 9.47 Å². The Morgan fingerprint density at radius 2 is 1.95 bits per heavy atom. The number of hydrogen-bond donors (Lipinski definition) is 2. The number of rotatable bonds is 11. The molecule has 0 spiro atoms. The summed E-state index contributed by atoms with van der Waals surface area (Å²) in [7, 11) is 1.47. The van der Waals surface area contributed by atoms with Gasteiger partial charge in [-0.2, -0.15) is 18.2 Å². The zero-order chi connectivity index (χ0) is 26.3. The number of alkyl halides is 3. The maximum atomic E-state index is 13.6. The van der Waals surface area contributed by atoms with Gasteiger partial charge in [-0.3, -0.25) is 14.4 Å². The molecule has 0 aliphatic carbocycles. The molecule has 0 bridgehead atoms. The molecule has 37 heavy (non-hydrogen) atoms. The molecule has 11 nitrogen and oxygen atoms in total. The van der Waals surface area contributed by atoms with Gasteiger partial charge >= 0.3 is 6.18 Å². The normalized spacial score (nSPS) is 17.2. The van der Waals surface area contributed by atoms with Gasteiger partial charge < -0.3 is 25.0 Å². The molecule has 0 unspecified atom stereocenters. The summed E-state index contributed by atoms with van der Waals surface area (Å²) in [6.07, 6.45) is 0.706. The lowest BCUT2D eigenvalue weighted by molar-refractivity contribution is -0.137. The van der Waals surface area contributed by atoms with Crippen molar-refractivity contribution in [1.82, 2.24) is 29.5 Å². The number of nitrogens with zero attached hydrogens (tertiary/aromatic N) is 6. The number of nitrogens with one attached hydrogen (secondary N) is 2. The van der Waals surface area contributed by atoms with Gasteiger partial charge in [0.25, 0.3) is 5.88 Å². The summed E-state index contributed by atoms with van der Waals surface area (Å²) in [5.41, 5.74) is -0.515. The van der Waals surface area contributed by atoms with Crippen LogP contribution in [0.15, 0.2) is 12.4 Å². The molecule has 4 rings (SSSR count). The molecule has 2 aliphatic rings. The van der Waals surface area contributed by atoms with Crippen molar-refractivity contribution in [3.05, 3.63) is 18.0 Å². The van der Waals surface area contributed by atoms with E-state index in [0.29, 0.717) is 51.4 Å². The van der Waals surface area contributed by atoms with E-state index in [1.165, 1.54) is 7.11 Å². The van der Waals surface area contributed by atoms with E-state index >= 15 is 0 Å². The van der Waals surface area contributed by atoms with Crippen molar-refractivity contribution in [3.63, 3.8) is 0 Å². The van der Waals surface area contributed by atoms with Gasteiger partial charge in [0.2, 0.25) is 11.9 Å². The Morgan fingerprint density at radius 3 is 2.68 bits per heavy atom. The van der Waals surface area contributed by atoms with Crippen LogP contribution in [0.25, 0.3) is 0 Å². The fourth-order valence-corrected chi connectivity index (χ4v) is 4.30. The molecule has 0 saturated carbocycles. The number of aromatic nitrogens is 4. The summed E-state index contributed by atoms with van der Waals surface area (Å²) in [6, 6.07) is 0. The molecule has 204 valence electrons. The van der Waals surface area contributed by atoms with Crippen molar-refractivity contribution in [2.45, 2.75) is 38.4 Å². The van der Waals surface area contributed by atoms with E-state index in [1.807, 2.05) is 0 Å². The average Bonchev–Trinajstić information content (AvgIpc) is 3.28. The summed E-state index contributed by atoms with van der Waals surface area (Å²) < 4.78 is 53.1. The number of hydrogen-bond acceptors (Lipinski definition) is 9. The second kappa shape index (κ2) is 12.4. The number of carbonyl (C=O) groups is 1. The minimum atomic E-state index is -4.62. The van der Waals surface area contributed by atoms with Crippen LogP contribution in [0.2, 0.25) is 0 Å². The lowest BCUT2D eigenvalue weighted by Crippen LogP contribution is -2.38. The summed E-state index contributed by atoms with van der Waals surface area (Å²) in [4.78, 5) is 23.9. The Bertz CT molecular complexity index is 1040. The van der Waals surface area contributed by atoms with E-state index in [-0.39, 0.29) is 30.1 Å². The lowest BCUT2D eigenvalue weighted by Gasteiger charge is -2.26. The quantitative estimate of drug-likeness (QED) is 0.427. The van der Waals surface area contributed by atoms with Crippen LogP contribution in [0.3, 0.4) is 0 Å². The highest BCUT2D eigenvalue weighted by Gasteiger charge is 2.35. The number of halogens is 3. The molecule has 14 heteroatoms. The smallest absolute Gasteiger partial charge is 0.421 e. The van der Waals surface area contributed by atoms with Gasteiger partial charge in [-0.25, -0.2) is 4.98 Å². The van der Waals surface area contributed by atoms with Crippen LogP contribution < -0.4 is 15.4 Å². The largest absolute Gasteiger partial charge is 0.478 e. The predicted octanol–water partition coefficient (Wildman–Crippen LogP) is 2.59. The van der Waals surface area contributed by atoms with Crippen molar-refractivity contribution < 1.29 is 27.4 Å². The fourth-order valence-electron chi connectivity index (χ4n) is 4.30. The van der Waals surface area contributed by atoms with Crippen LogP contribution in [0.4, 0.5) is 30.6 Å². The first kappa shape index (κ1) is 26.9. The third kappa shape index (κ3) is 7.44. The van der Waals surface area contributed by atoms with Gasteiger partial charge in [-0.15, -0.1) is 5.10 Å². The van der Waals surface area contributed by atoms with Crippen molar-refractivity contribution >= 4 is 23.4 Å². The number of likely N-dealkylation sites (tertiary alicyclic amines) is 1. The third-order valence-electron chi connectivity index (χ3n) is 6.33. The Labute approximate surface area is 213 Å². The van der Waals surface area contributed by atoms with Gasteiger partial charge in [-0.05, 0) is 19.3 Å². The number of morpholine rings is 1. The Morgan fingerprint density at radius 1 is 1.14 bits per heavy atom. The summed E-state index contributed by atoms with van der Waals surface area (Å²) >= 11 is 0. The maximum Gasteiger partial charge on any atom is 0.421 e. The summed E-state index contributed by atoms with van der Waals surface area (Å²) in [5.74, 6) is 0.0303. The van der Waals surface area contributed by atoms with Crippen LogP contribution >= 0.6 is 0 Å². The molecule has 2 aromatic heterocycles. The SMILES string of the molecule is COc1nn(CCN2CCOCC2)cc1Nc1ncc(C(F)(F)F)c(NCCCN2CCCCC2=O)n1. The monoisotopic (exact) mass is 526 g/mol. The molecular formula is C23H33F3N8O3. The number of carbonyl (C=O) groups excluding carboxylic acids is 1. The van der Waals surface area contributed by atoms with Gasteiger partial charge in [0.1, 0.15) is 17.1 Å². The Hall–Kier alpha value is -3.13. The predicted molar refractivity (Wildman–Crippen MR) is 130 cm³/mol. The lowest BCUT2D eigenvalue weighted by atomic mass is 10.1. The molecule has 0 aromatic carbocycles. The van der Waals surface area contributed by atoms with Crippen LogP contribution in [-0.2, 0) is 22.3 Å². The molecule has 2 saturated heterocycles. The van der Waals surface area contributed by atoms with Crippen LogP contribution in [-0.4, -0.2) is 95.0 Å². The van der Waals surface area contributed by atoms with Gasteiger partial charge in [-0.1, -0.05) is 0 Å². The number of piperidine rings is 1. The topological polar surface area (TPSA) is 110 Å². The number of methoxy groups -OCH3 is 1. The second-order valence-electron chi connectivity index (χ2n) is 8.97. The first-order valence-electron chi connectivity index (χ1n) is 12.5. The number of ether oxygens (including phenoxy) is 2. The first-order valence-corrected chi connectivity index (χ1v) is 12.5. The molecule has 0 radical (unpaired) electrons. The first-order chi connectivity index (χ1) is 17.8. The highest BCUT2D eigenvalue weighted by atomic mass is 19.4. The zero-order valence-electron chi connectivity index (χ0n) is 20.9. The highest BCUT2D eigenvalue weighted by Crippen LogP contribution is 2.34. The molecule has 0 atom stereocenters. The fraction of sp³-hybridized carbons (Fsp3) is 0.652. The van der Waals surface area contributed by atoms with Gasteiger partial charge in [0.15, 0.2) is 0 Å². The van der Waals surface area contributed by atoms with Crippen molar-refractivity contribution in [3.8, 4) is 5.88 Å². The highest BCUT2D eigenvalue weighted by molar-refractivity contribution is 5.76. The Balaban J connectivity index is 1.40. The third-order valence-corrected chi connectivity index (χ3v) is 6.33. The van der Waals surface area contributed by atoms with E-state index in [2.05, 4.69) is 30.6 Å². The number of amides is 1. The zero-order valence-corrected chi connectivity index (χ0v) is 20.9. The molecule has 2 aromatic rings. The number of anilines is 3. The van der Waals surface area contributed by atoms with E-state index in [9.17, 15) is 18.0 Å². The second-order valence-corrected chi connectivity index (χ2v) is 8.97. The Kier molecular flexibility index (Phi) is 9.03. The molecule has 1 amide bonds. The minimum absolute atomic E-state index is 0.0206. The average molecular weight is 527 g/mol. The van der Waals surface area contributed by atoms with Crippen LogP contribution in [0.1, 0.15) is 31.2 Å². The molecule has 2 fully saturated rings. The minimum Gasteiger partial charge on any atom is -0.478 e. The van der Waals surface area contributed by atoms with Crippen LogP contribution in [0, 0.1) is 0 Å². The maximum absolute atomic E-state index is 13.6. The standard InChI is InChI=1S/C23H33F3N8O3/c1-36-21-18(16-34(31-21)10-9-32-11-13-37-14-12-32)29-22-28-15-17(23(24,25)26)20(30-22)27-6-4-8-33-7-3-2-5-19(33)35/h15-16H,2-14H2,1H3,(H2,27,28,29,30). The van der Waals surface area contributed by atoms with Gasteiger partial charge in [0, 0.05) is 51.9 Å².